The summed E-state index contributed by atoms with van der Waals surface area (Å²) in [5, 5.41) is 0. The molecule has 116 valence electrons. The number of rotatable bonds is 0. The SMILES string of the molecule is CC1CCCC(C)C12OOC1(OO2)C(C)CCCC1C. The lowest BCUT2D eigenvalue weighted by Gasteiger charge is -2.53. The van der Waals surface area contributed by atoms with Crippen molar-refractivity contribution in [2.75, 3.05) is 0 Å². The first kappa shape index (κ1) is 14.8. The third-order valence-corrected chi connectivity index (χ3v) is 5.90. The van der Waals surface area contributed by atoms with E-state index in [1.807, 2.05) is 0 Å². The molecule has 1 aliphatic heterocycles. The average Bonchev–Trinajstić information content (AvgIpc) is 2.44. The molecular weight excluding hydrogens is 256 g/mol. The van der Waals surface area contributed by atoms with Gasteiger partial charge in [-0.25, -0.2) is 0 Å². The van der Waals surface area contributed by atoms with E-state index in [1.165, 1.54) is 12.8 Å². The van der Waals surface area contributed by atoms with Crippen LogP contribution in [0.1, 0.15) is 66.2 Å². The molecule has 0 aromatic rings. The lowest BCUT2D eigenvalue weighted by atomic mass is 9.76. The quantitative estimate of drug-likeness (QED) is 0.625. The van der Waals surface area contributed by atoms with E-state index >= 15 is 0 Å². The molecule has 1 saturated heterocycles. The molecule has 2 spiro atoms. The zero-order chi connectivity index (χ0) is 14.4. The third kappa shape index (κ3) is 2.04. The molecule has 0 aromatic heterocycles. The minimum absolute atomic E-state index is 0.290. The van der Waals surface area contributed by atoms with Crippen LogP contribution in [-0.4, -0.2) is 11.6 Å². The van der Waals surface area contributed by atoms with Crippen molar-refractivity contribution >= 4 is 0 Å². The van der Waals surface area contributed by atoms with Gasteiger partial charge in [-0.2, -0.15) is 19.6 Å². The van der Waals surface area contributed by atoms with Crippen molar-refractivity contribution in [2.24, 2.45) is 23.7 Å². The Morgan fingerprint density at radius 2 is 0.800 bits per heavy atom. The van der Waals surface area contributed by atoms with E-state index in [0.717, 1.165) is 25.7 Å². The van der Waals surface area contributed by atoms with Gasteiger partial charge in [-0.3, -0.25) is 0 Å². The maximum Gasteiger partial charge on any atom is 0.239 e. The summed E-state index contributed by atoms with van der Waals surface area (Å²) in [6.07, 6.45) is 6.80. The molecule has 3 aliphatic rings. The van der Waals surface area contributed by atoms with Gasteiger partial charge in [-0.15, -0.1) is 0 Å². The molecule has 0 aromatic carbocycles. The molecule has 4 atom stereocenters. The van der Waals surface area contributed by atoms with Gasteiger partial charge in [0.15, 0.2) is 0 Å². The van der Waals surface area contributed by atoms with Gasteiger partial charge in [-0.1, -0.05) is 40.5 Å². The normalized spacial score (nSPS) is 53.4. The fourth-order valence-corrected chi connectivity index (χ4v) is 4.18. The molecule has 0 amide bonds. The number of hydrogen-bond acceptors (Lipinski definition) is 4. The molecule has 2 saturated carbocycles. The van der Waals surface area contributed by atoms with E-state index in [9.17, 15) is 0 Å². The number of hydrogen-bond donors (Lipinski definition) is 0. The average molecular weight is 284 g/mol. The van der Waals surface area contributed by atoms with Crippen LogP contribution >= 0.6 is 0 Å². The molecule has 20 heavy (non-hydrogen) atoms. The van der Waals surface area contributed by atoms with Crippen LogP contribution in [-0.2, 0) is 19.6 Å². The Balaban J connectivity index is 1.78. The van der Waals surface area contributed by atoms with Crippen LogP contribution in [0.15, 0.2) is 0 Å². The fraction of sp³-hybridized carbons (Fsp3) is 1.00. The van der Waals surface area contributed by atoms with E-state index in [0.29, 0.717) is 0 Å². The van der Waals surface area contributed by atoms with Crippen molar-refractivity contribution in [3.63, 3.8) is 0 Å². The summed E-state index contributed by atoms with van der Waals surface area (Å²) in [4.78, 5) is 23.7. The second-order valence-corrected chi connectivity index (χ2v) is 7.24. The van der Waals surface area contributed by atoms with Crippen molar-refractivity contribution in [1.82, 2.24) is 0 Å². The monoisotopic (exact) mass is 284 g/mol. The molecule has 4 nitrogen and oxygen atoms in total. The highest BCUT2D eigenvalue weighted by molar-refractivity contribution is 4.90. The van der Waals surface area contributed by atoms with Crippen LogP contribution in [0.4, 0.5) is 0 Å². The smallest absolute Gasteiger partial charge is 0.194 e. The predicted octanol–water partition coefficient (Wildman–Crippen LogP) is 4.20. The molecule has 4 heteroatoms. The Hall–Kier alpha value is -0.160. The fourth-order valence-electron chi connectivity index (χ4n) is 4.18. The Bertz CT molecular complexity index is 290. The lowest BCUT2D eigenvalue weighted by molar-refractivity contribution is -0.686. The minimum Gasteiger partial charge on any atom is -0.194 e. The highest BCUT2D eigenvalue weighted by atomic mass is 17.4. The third-order valence-electron chi connectivity index (χ3n) is 5.90. The Morgan fingerprint density at radius 1 is 0.550 bits per heavy atom. The van der Waals surface area contributed by atoms with Crippen molar-refractivity contribution < 1.29 is 19.6 Å². The van der Waals surface area contributed by atoms with E-state index in [1.54, 1.807) is 0 Å². The van der Waals surface area contributed by atoms with E-state index in [-0.39, 0.29) is 23.7 Å². The highest BCUT2D eigenvalue weighted by Crippen LogP contribution is 2.51. The topological polar surface area (TPSA) is 36.9 Å². The van der Waals surface area contributed by atoms with Crippen molar-refractivity contribution in [3.05, 3.63) is 0 Å². The molecule has 0 radical (unpaired) electrons. The van der Waals surface area contributed by atoms with Crippen molar-refractivity contribution in [2.45, 2.75) is 77.8 Å². The van der Waals surface area contributed by atoms with Crippen LogP contribution in [0.3, 0.4) is 0 Å². The molecular formula is C16H28O4. The Morgan fingerprint density at radius 3 is 1.05 bits per heavy atom. The maximum absolute atomic E-state index is 5.92. The van der Waals surface area contributed by atoms with Gasteiger partial charge in [0, 0.05) is 23.7 Å². The van der Waals surface area contributed by atoms with Crippen LogP contribution in [0.5, 0.6) is 0 Å². The molecule has 3 fully saturated rings. The summed E-state index contributed by atoms with van der Waals surface area (Å²) < 4.78 is 0. The first-order chi connectivity index (χ1) is 9.51. The van der Waals surface area contributed by atoms with Crippen LogP contribution in [0, 0.1) is 23.7 Å². The van der Waals surface area contributed by atoms with Gasteiger partial charge in [-0.05, 0) is 25.7 Å². The van der Waals surface area contributed by atoms with Crippen LogP contribution < -0.4 is 0 Å². The zero-order valence-corrected chi connectivity index (χ0v) is 13.2. The summed E-state index contributed by atoms with van der Waals surface area (Å²) >= 11 is 0. The highest BCUT2D eigenvalue weighted by Gasteiger charge is 2.59. The lowest BCUT2D eigenvalue weighted by Crippen LogP contribution is -2.62. The molecule has 4 unspecified atom stereocenters. The first-order valence-electron chi connectivity index (χ1n) is 8.25. The van der Waals surface area contributed by atoms with Crippen LogP contribution in [0.2, 0.25) is 0 Å². The van der Waals surface area contributed by atoms with Gasteiger partial charge in [0.25, 0.3) is 0 Å². The van der Waals surface area contributed by atoms with Gasteiger partial charge in [0.05, 0.1) is 0 Å². The van der Waals surface area contributed by atoms with E-state index in [4.69, 9.17) is 19.6 Å². The molecule has 3 rings (SSSR count). The van der Waals surface area contributed by atoms with Crippen LogP contribution in [0.25, 0.3) is 0 Å². The van der Waals surface area contributed by atoms with Gasteiger partial charge in [0.2, 0.25) is 11.6 Å². The molecule has 0 bridgehead atoms. The second kappa shape index (κ2) is 5.24. The minimum atomic E-state index is -0.722. The molecule has 0 N–H and O–H groups in total. The van der Waals surface area contributed by atoms with Gasteiger partial charge >= 0.3 is 0 Å². The maximum atomic E-state index is 5.92. The standard InChI is InChI=1S/C16H28O4/c1-11-7-5-8-12(2)15(11)17-19-16(20-18-15)13(3)9-6-10-14(16)4/h11-14H,5-10H2,1-4H3. The van der Waals surface area contributed by atoms with E-state index < -0.39 is 11.6 Å². The van der Waals surface area contributed by atoms with E-state index in [2.05, 4.69) is 27.7 Å². The van der Waals surface area contributed by atoms with Gasteiger partial charge < -0.3 is 0 Å². The largest absolute Gasteiger partial charge is 0.239 e. The summed E-state index contributed by atoms with van der Waals surface area (Å²) in [6.45, 7) is 8.64. The van der Waals surface area contributed by atoms with Gasteiger partial charge in [0.1, 0.15) is 0 Å². The Labute approximate surface area is 122 Å². The second-order valence-electron chi connectivity index (χ2n) is 7.24. The predicted molar refractivity (Wildman–Crippen MR) is 74.2 cm³/mol. The van der Waals surface area contributed by atoms with Crippen molar-refractivity contribution in [1.29, 1.82) is 0 Å². The Kier molecular flexibility index (Phi) is 3.87. The molecule has 1 heterocycles. The molecule has 2 aliphatic carbocycles. The summed E-state index contributed by atoms with van der Waals surface area (Å²) in [5.41, 5.74) is 0. The zero-order valence-electron chi connectivity index (χ0n) is 13.2. The van der Waals surface area contributed by atoms with Crippen molar-refractivity contribution in [3.8, 4) is 0 Å². The summed E-state index contributed by atoms with van der Waals surface area (Å²) in [7, 11) is 0. The summed E-state index contributed by atoms with van der Waals surface area (Å²) in [6, 6.07) is 0. The summed E-state index contributed by atoms with van der Waals surface area (Å²) in [5.74, 6) is -0.285. The first-order valence-corrected chi connectivity index (χ1v) is 8.25.